The zero-order valence-corrected chi connectivity index (χ0v) is 15.0. The van der Waals surface area contributed by atoms with Crippen LogP contribution >= 0.6 is 34.5 Å². The number of fused-ring (bicyclic) bond motifs is 1. The first kappa shape index (κ1) is 15.6. The molecule has 0 unspecified atom stereocenters. The van der Waals surface area contributed by atoms with E-state index >= 15 is 0 Å². The summed E-state index contributed by atoms with van der Waals surface area (Å²) < 4.78 is 1.79. The van der Waals surface area contributed by atoms with Crippen molar-refractivity contribution in [2.45, 2.75) is 13.3 Å². The normalized spacial score (nSPS) is 11.3. The van der Waals surface area contributed by atoms with Gasteiger partial charge >= 0.3 is 0 Å². The molecule has 2 heterocycles. The molecule has 0 aliphatic heterocycles. The highest BCUT2D eigenvalue weighted by Gasteiger charge is 2.14. The van der Waals surface area contributed by atoms with Crippen LogP contribution in [0.3, 0.4) is 0 Å². The van der Waals surface area contributed by atoms with Crippen LogP contribution in [0, 0.1) is 6.92 Å². The SMILES string of the molecule is Cc1ccc(-c2nn3c(Cc4ccc(Cl)cc4)nnc3s2)cc1Cl. The molecule has 0 radical (unpaired) electrons. The van der Waals surface area contributed by atoms with Gasteiger partial charge in [0.1, 0.15) is 5.01 Å². The predicted molar refractivity (Wildman–Crippen MR) is 98.1 cm³/mol. The standard InChI is InChI=1S/C17H12Cl2N4S/c1-10-2-5-12(9-14(10)19)16-22-23-15(20-21-17(23)24-16)8-11-3-6-13(18)7-4-11/h2-7,9H,8H2,1H3. The van der Waals surface area contributed by atoms with Crippen LogP contribution in [0.2, 0.25) is 10.0 Å². The van der Waals surface area contributed by atoms with E-state index in [1.54, 1.807) is 4.52 Å². The van der Waals surface area contributed by atoms with Gasteiger partial charge in [-0.1, -0.05) is 58.8 Å². The van der Waals surface area contributed by atoms with E-state index in [-0.39, 0.29) is 0 Å². The van der Waals surface area contributed by atoms with Gasteiger partial charge < -0.3 is 0 Å². The van der Waals surface area contributed by atoms with Gasteiger partial charge in [0.15, 0.2) is 5.82 Å². The highest BCUT2D eigenvalue weighted by Crippen LogP contribution is 2.29. The Morgan fingerprint density at radius 2 is 1.83 bits per heavy atom. The van der Waals surface area contributed by atoms with Crippen molar-refractivity contribution in [3.8, 4) is 10.6 Å². The summed E-state index contributed by atoms with van der Waals surface area (Å²) in [5.74, 6) is 0.799. The molecule has 4 rings (SSSR count). The van der Waals surface area contributed by atoms with E-state index in [1.165, 1.54) is 11.3 Å². The molecular weight excluding hydrogens is 363 g/mol. The van der Waals surface area contributed by atoms with E-state index in [0.717, 1.165) is 42.5 Å². The first-order valence-corrected chi connectivity index (χ1v) is 8.89. The maximum atomic E-state index is 6.22. The molecule has 24 heavy (non-hydrogen) atoms. The van der Waals surface area contributed by atoms with E-state index in [9.17, 15) is 0 Å². The zero-order chi connectivity index (χ0) is 16.7. The Morgan fingerprint density at radius 1 is 1.04 bits per heavy atom. The van der Waals surface area contributed by atoms with Crippen LogP contribution in [0.1, 0.15) is 17.0 Å². The summed E-state index contributed by atoms with van der Waals surface area (Å²) in [5, 5.41) is 15.5. The number of hydrogen-bond donors (Lipinski definition) is 0. The van der Waals surface area contributed by atoms with E-state index in [4.69, 9.17) is 23.2 Å². The molecule has 0 bridgehead atoms. The molecule has 0 aliphatic rings. The molecule has 7 heteroatoms. The van der Waals surface area contributed by atoms with Crippen molar-refractivity contribution in [1.82, 2.24) is 19.8 Å². The molecule has 0 fully saturated rings. The number of hydrogen-bond acceptors (Lipinski definition) is 4. The maximum absolute atomic E-state index is 6.22. The topological polar surface area (TPSA) is 43.1 Å². The largest absolute Gasteiger partial charge is 0.234 e. The molecule has 4 nitrogen and oxygen atoms in total. The second kappa shape index (κ2) is 6.16. The van der Waals surface area contributed by atoms with Gasteiger partial charge in [-0.05, 0) is 36.2 Å². The summed E-state index contributed by atoms with van der Waals surface area (Å²) >= 11 is 13.6. The molecule has 2 aromatic heterocycles. The summed E-state index contributed by atoms with van der Waals surface area (Å²) in [6, 6.07) is 13.7. The van der Waals surface area contributed by atoms with Gasteiger partial charge in [-0.25, -0.2) is 0 Å². The van der Waals surface area contributed by atoms with Crippen molar-refractivity contribution in [3.05, 3.63) is 69.5 Å². The lowest BCUT2D eigenvalue weighted by molar-refractivity contribution is 0.854. The Morgan fingerprint density at radius 3 is 2.58 bits per heavy atom. The van der Waals surface area contributed by atoms with Crippen molar-refractivity contribution < 1.29 is 0 Å². The third kappa shape index (κ3) is 2.90. The summed E-state index contributed by atoms with van der Waals surface area (Å²) in [5.41, 5.74) is 3.15. The number of aromatic nitrogens is 4. The van der Waals surface area contributed by atoms with Crippen molar-refractivity contribution in [2.75, 3.05) is 0 Å². The lowest BCUT2D eigenvalue weighted by atomic mass is 10.1. The maximum Gasteiger partial charge on any atom is 0.234 e. The summed E-state index contributed by atoms with van der Waals surface area (Å²) in [7, 11) is 0. The zero-order valence-electron chi connectivity index (χ0n) is 12.7. The summed E-state index contributed by atoms with van der Waals surface area (Å²) in [4.78, 5) is 0.769. The highest BCUT2D eigenvalue weighted by atomic mass is 35.5. The summed E-state index contributed by atoms with van der Waals surface area (Å²) in [6.07, 6.45) is 0.649. The van der Waals surface area contributed by atoms with Gasteiger partial charge in [0.2, 0.25) is 4.96 Å². The third-order valence-corrected chi connectivity index (χ3v) is 5.36. The van der Waals surface area contributed by atoms with Crippen LogP contribution in [0.4, 0.5) is 0 Å². The van der Waals surface area contributed by atoms with Gasteiger partial charge in [0.05, 0.1) is 0 Å². The molecule has 0 saturated carbocycles. The van der Waals surface area contributed by atoms with Crippen LogP contribution in [0.25, 0.3) is 15.5 Å². The number of halogens is 2. The predicted octanol–water partition coefficient (Wildman–Crippen LogP) is 5.06. The van der Waals surface area contributed by atoms with Gasteiger partial charge in [0, 0.05) is 22.0 Å². The molecule has 0 N–H and O–H groups in total. The van der Waals surface area contributed by atoms with Gasteiger partial charge in [-0.3, -0.25) is 0 Å². The van der Waals surface area contributed by atoms with Crippen molar-refractivity contribution in [3.63, 3.8) is 0 Å². The second-order valence-electron chi connectivity index (χ2n) is 5.49. The molecule has 120 valence electrons. The van der Waals surface area contributed by atoms with Crippen LogP contribution in [-0.4, -0.2) is 19.8 Å². The highest BCUT2D eigenvalue weighted by molar-refractivity contribution is 7.19. The Labute approximate surface area is 152 Å². The molecule has 0 spiro atoms. The monoisotopic (exact) mass is 374 g/mol. The molecular formula is C17H12Cl2N4S. The van der Waals surface area contributed by atoms with Gasteiger partial charge in [-0.15, -0.1) is 10.2 Å². The van der Waals surface area contributed by atoms with Crippen LogP contribution in [0.5, 0.6) is 0 Å². The van der Waals surface area contributed by atoms with E-state index in [1.807, 2.05) is 49.4 Å². The van der Waals surface area contributed by atoms with E-state index in [0.29, 0.717) is 6.42 Å². The lowest BCUT2D eigenvalue weighted by Crippen LogP contribution is -1.97. The number of benzene rings is 2. The van der Waals surface area contributed by atoms with E-state index in [2.05, 4.69) is 15.3 Å². The van der Waals surface area contributed by atoms with Crippen LogP contribution in [0.15, 0.2) is 42.5 Å². The Balaban J connectivity index is 1.70. The Kier molecular flexibility index (Phi) is 4.00. The third-order valence-electron chi connectivity index (χ3n) is 3.75. The minimum Gasteiger partial charge on any atom is -0.187 e. The number of aryl methyl sites for hydroxylation is 1. The fourth-order valence-corrected chi connectivity index (χ4v) is 3.56. The molecule has 0 amide bonds. The first-order valence-electron chi connectivity index (χ1n) is 7.32. The summed E-state index contributed by atoms with van der Waals surface area (Å²) in [6.45, 7) is 1.98. The van der Waals surface area contributed by atoms with Gasteiger partial charge in [-0.2, -0.15) is 9.61 Å². The number of nitrogens with zero attached hydrogens (tertiary/aromatic N) is 4. The second-order valence-corrected chi connectivity index (χ2v) is 7.28. The first-order chi connectivity index (χ1) is 11.6. The fraction of sp³-hybridized carbons (Fsp3) is 0.118. The molecule has 2 aromatic carbocycles. The Bertz CT molecular complexity index is 1020. The molecule has 0 aliphatic carbocycles. The quantitative estimate of drug-likeness (QED) is 0.503. The minimum atomic E-state index is 0.649. The van der Waals surface area contributed by atoms with Crippen molar-refractivity contribution in [1.29, 1.82) is 0 Å². The van der Waals surface area contributed by atoms with E-state index < -0.39 is 0 Å². The lowest BCUT2D eigenvalue weighted by Gasteiger charge is -2.00. The molecule has 4 aromatic rings. The Hall–Kier alpha value is -1.95. The number of rotatable bonds is 3. The fourth-order valence-electron chi connectivity index (χ4n) is 2.40. The van der Waals surface area contributed by atoms with Gasteiger partial charge in [0.25, 0.3) is 0 Å². The minimum absolute atomic E-state index is 0.649. The van der Waals surface area contributed by atoms with Crippen molar-refractivity contribution >= 4 is 39.5 Å². The van der Waals surface area contributed by atoms with Crippen LogP contribution in [-0.2, 0) is 6.42 Å². The van der Waals surface area contributed by atoms with Crippen LogP contribution < -0.4 is 0 Å². The average molecular weight is 375 g/mol. The smallest absolute Gasteiger partial charge is 0.187 e. The average Bonchev–Trinajstić information content (AvgIpc) is 3.14. The molecule has 0 atom stereocenters. The molecule has 0 saturated heterocycles. The van der Waals surface area contributed by atoms with Crippen molar-refractivity contribution in [2.24, 2.45) is 0 Å².